The van der Waals surface area contributed by atoms with Crippen molar-refractivity contribution in [1.82, 2.24) is 4.37 Å². The smallest absolute Gasteiger partial charge is 0.158 e. The molecule has 0 aliphatic heterocycles. The lowest BCUT2D eigenvalue weighted by molar-refractivity contribution is 0.481. The first-order valence-electron chi connectivity index (χ1n) is 3.67. The van der Waals surface area contributed by atoms with Crippen LogP contribution >= 0.6 is 11.5 Å². The summed E-state index contributed by atoms with van der Waals surface area (Å²) in [7, 11) is 0. The summed E-state index contributed by atoms with van der Waals surface area (Å²) in [5, 5.41) is 1.78. The second-order valence-electron chi connectivity index (χ2n) is 2.42. The maximum atomic E-state index is 12.5. The third-order valence-electron chi connectivity index (χ3n) is 1.46. The molecule has 1 heterocycles. The molecule has 0 amide bonds. The Labute approximate surface area is 78.8 Å². The fourth-order valence-electron chi connectivity index (χ4n) is 0.884. The van der Waals surface area contributed by atoms with Gasteiger partial charge >= 0.3 is 0 Å². The van der Waals surface area contributed by atoms with Gasteiger partial charge in [0.25, 0.3) is 0 Å². The van der Waals surface area contributed by atoms with Gasteiger partial charge in [0, 0.05) is 0 Å². The van der Waals surface area contributed by atoms with Crippen molar-refractivity contribution in [1.29, 1.82) is 0 Å². The Hall–Kier alpha value is -1.42. The number of rotatable bonds is 2. The number of halogens is 1. The van der Waals surface area contributed by atoms with Crippen LogP contribution in [0.1, 0.15) is 0 Å². The van der Waals surface area contributed by atoms with E-state index < -0.39 is 0 Å². The van der Waals surface area contributed by atoms with Crippen LogP contribution < -0.4 is 4.74 Å². The molecule has 0 radical (unpaired) electrons. The van der Waals surface area contributed by atoms with E-state index in [2.05, 4.69) is 4.37 Å². The van der Waals surface area contributed by atoms with Crippen LogP contribution in [0.2, 0.25) is 0 Å². The SMILES string of the molecule is Fc1ccc(Oc2cnsc2)cc1. The first-order valence-corrected chi connectivity index (χ1v) is 4.51. The number of hydrogen-bond donors (Lipinski definition) is 0. The normalized spacial score (nSPS) is 9.92. The molecule has 0 fully saturated rings. The highest BCUT2D eigenvalue weighted by atomic mass is 32.1. The number of ether oxygens (including phenoxy) is 1. The second kappa shape index (κ2) is 3.53. The number of hydrogen-bond acceptors (Lipinski definition) is 3. The molecule has 0 saturated carbocycles. The van der Waals surface area contributed by atoms with Crippen LogP contribution in [0.4, 0.5) is 4.39 Å². The lowest BCUT2D eigenvalue weighted by Crippen LogP contribution is -1.81. The topological polar surface area (TPSA) is 22.1 Å². The van der Waals surface area contributed by atoms with Gasteiger partial charge < -0.3 is 4.74 Å². The van der Waals surface area contributed by atoms with E-state index in [1.165, 1.54) is 23.7 Å². The molecule has 2 nitrogen and oxygen atoms in total. The number of benzene rings is 1. The Kier molecular flexibility index (Phi) is 2.23. The van der Waals surface area contributed by atoms with Crippen LogP contribution in [0.3, 0.4) is 0 Å². The molecule has 2 aromatic rings. The maximum absolute atomic E-state index is 12.5. The first kappa shape index (κ1) is 8.19. The van der Waals surface area contributed by atoms with E-state index in [0.717, 1.165) is 0 Å². The maximum Gasteiger partial charge on any atom is 0.158 e. The fraction of sp³-hybridized carbons (Fsp3) is 0. The third kappa shape index (κ3) is 2.03. The van der Waals surface area contributed by atoms with E-state index in [0.29, 0.717) is 11.5 Å². The zero-order valence-electron chi connectivity index (χ0n) is 6.61. The van der Waals surface area contributed by atoms with Crippen LogP contribution in [0.25, 0.3) is 0 Å². The van der Waals surface area contributed by atoms with Crippen molar-refractivity contribution in [2.45, 2.75) is 0 Å². The summed E-state index contributed by atoms with van der Waals surface area (Å²) in [4.78, 5) is 0. The summed E-state index contributed by atoms with van der Waals surface area (Å²) in [6.07, 6.45) is 1.62. The molecule has 1 aromatic carbocycles. The van der Waals surface area contributed by atoms with Gasteiger partial charge in [-0.3, -0.25) is 0 Å². The van der Waals surface area contributed by atoms with Gasteiger partial charge in [-0.2, -0.15) is 4.37 Å². The minimum Gasteiger partial charge on any atom is -0.455 e. The Morgan fingerprint density at radius 3 is 2.54 bits per heavy atom. The first-order chi connectivity index (χ1) is 6.34. The summed E-state index contributed by atoms with van der Waals surface area (Å²) in [6.45, 7) is 0. The molecule has 4 heteroatoms. The third-order valence-corrected chi connectivity index (χ3v) is 2.02. The second-order valence-corrected chi connectivity index (χ2v) is 3.07. The Morgan fingerprint density at radius 1 is 1.15 bits per heavy atom. The molecule has 0 aliphatic carbocycles. The van der Waals surface area contributed by atoms with Gasteiger partial charge in [-0.15, -0.1) is 0 Å². The highest BCUT2D eigenvalue weighted by Crippen LogP contribution is 2.21. The lowest BCUT2D eigenvalue weighted by Gasteiger charge is -2.00. The van der Waals surface area contributed by atoms with Crippen molar-refractivity contribution in [3.63, 3.8) is 0 Å². The summed E-state index contributed by atoms with van der Waals surface area (Å²) in [6, 6.07) is 5.87. The Morgan fingerprint density at radius 2 is 1.92 bits per heavy atom. The van der Waals surface area contributed by atoms with Crippen LogP contribution in [-0.2, 0) is 0 Å². The van der Waals surface area contributed by atoms with E-state index >= 15 is 0 Å². The summed E-state index contributed by atoms with van der Waals surface area (Å²) in [5.41, 5.74) is 0. The van der Waals surface area contributed by atoms with E-state index in [1.807, 2.05) is 0 Å². The fourth-order valence-corrected chi connectivity index (χ4v) is 1.32. The Balaban J connectivity index is 2.15. The molecule has 0 atom stereocenters. The van der Waals surface area contributed by atoms with Gasteiger partial charge in [0.1, 0.15) is 11.6 Å². The Bertz CT molecular complexity index is 371. The molecule has 0 spiro atoms. The molecule has 66 valence electrons. The van der Waals surface area contributed by atoms with Gasteiger partial charge in [0.05, 0.1) is 11.6 Å². The van der Waals surface area contributed by atoms with Crippen molar-refractivity contribution < 1.29 is 9.13 Å². The molecular formula is C9H6FNOS. The van der Waals surface area contributed by atoms with Crippen molar-refractivity contribution in [3.05, 3.63) is 41.7 Å². The van der Waals surface area contributed by atoms with E-state index in [9.17, 15) is 4.39 Å². The monoisotopic (exact) mass is 195 g/mol. The van der Waals surface area contributed by atoms with Gasteiger partial charge in [0.15, 0.2) is 5.75 Å². The molecule has 2 rings (SSSR count). The average Bonchev–Trinajstić information content (AvgIpc) is 2.62. The zero-order chi connectivity index (χ0) is 9.10. The highest BCUT2D eigenvalue weighted by molar-refractivity contribution is 7.03. The predicted molar refractivity (Wildman–Crippen MR) is 48.6 cm³/mol. The van der Waals surface area contributed by atoms with Gasteiger partial charge in [-0.25, -0.2) is 4.39 Å². The van der Waals surface area contributed by atoms with Crippen molar-refractivity contribution in [2.24, 2.45) is 0 Å². The minimum absolute atomic E-state index is 0.268. The molecule has 0 saturated heterocycles. The van der Waals surface area contributed by atoms with Crippen LogP contribution in [0, 0.1) is 5.82 Å². The van der Waals surface area contributed by atoms with E-state index in [4.69, 9.17) is 4.74 Å². The summed E-state index contributed by atoms with van der Waals surface area (Å²) in [5.74, 6) is 1.02. The van der Waals surface area contributed by atoms with Crippen molar-refractivity contribution >= 4 is 11.5 Å². The molecule has 0 N–H and O–H groups in total. The molecule has 0 bridgehead atoms. The van der Waals surface area contributed by atoms with Gasteiger partial charge in [-0.1, -0.05) is 0 Å². The van der Waals surface area contributed by atoms with Crippen LogP contribution in [0.5, 0.6) is 11.5 Å². The van der Waals surface area contributed by atoms with Gasteiger partial charge in [-0.05, 0) is 35.8 Å². The summed E-state index contributed by atoms with van der Waals surface area (Å²) >= 11 is 1.31. The van der Waals surface area contributed by atoms with Crippen LogP contribution in [-0.4, -0.2) is 4.37 Å². The molecule has 0 aliphatic rings. The van der Waals surface area contributed by atoms with Gasteiger partial charge in [0.2, 0.25) is 0 Å². The quantitative estimate of drug-likeness (QED) is 0.734. The zero-order valence-corrected chi connectivity index (χ0v) is 7.42. The molecule has 13 heavy (non-hydrogen) atoms. The summed E-state index contributed by atoms with van der Waals surface area (Å²) < 4.78 is 21.7. The lowest BCUT2D eigenvalue weighted by atomic mass is 10.3. The largest absolute Gasteiger partial charge is 0.455 e. The number of nitrogens with zero attached hydrogens (tertiary/aromatic N) is 1. The minimum atomic E-state index is -0.268. The molecule has 0 unspecified atom stereocenters. The van der Waals surface area contributed by atoms with Crippen LogP contribution in [0.15, 0.2) is 35.8 Å². The molecular weight excluding hydrogens is 189 g/mol. The van der Waals surface area contributed by atoms with E-state index in [1.54, 1.807) is 23.7 Å². The van der Waals surface area contributed by atoms with Crippen molar-refractivity contribution in [2.75, 3.05) is 0 Å². The number of aromatic nitrogens is 1. The van der Waals surface area contributed by atoms with E-state index in [-0.39, 0.29) is 5.82 Å². The van der Waals surface area contributed by atoms with Crippen molar-refractivity contribution in [3.8, 4) is 11.5 Å². The molecule has 1 aromatic heterocycles. The average molecular weight is 195 g/mol. The predicted octanol–water partition coefficient (Wildman–Crippen LogP) is 3.07. The highest BCUT2D eigenvalue weighted by Gasteiger charge is 1.97. The standard InChI is InChI=1S/C9H6FNOS/c10-7-1-3-8(4-2-7)12-9-5-11-13-6-9/h1-6H.